The van der Waals surface area contributed by atoms with Gasteiger partial charge in [-0.15, -0.1) is 0 Å². The molecule has 9 heteroatoms. The maximum atomic E-state index is 15.0. The number of rotatable bonds is 4. The van der Waals surface area contributed by atoms with E-state index in [-0.39, 0.29) is 29.8 Å². The van der Waals surface area contributed by atoms with Crippen molar-refractivity contribution in [3.8, 4) is 0 Å². The summed E-state index contributed by atoms with van der Waals surface area (Å²) in [6.45, 7) is 1.41. The number of pyridine rings is 1. The molecule has 0 radical (unpaired) electrons. The number of hydrogen-bond donors (Lipinski definition) is 2. The van der Waals surface area contributed by atoms with Gasteiger partial charge in [0.15, 0.2) is 0 Å². The Morgan fingerprint density at radius 3 is 2.48 bits per heavy atom. The van der Waals surface area contributed by atoms with Crippen LogP contribution in [0.4, 0.5) is 30.2 Å². The minimum atomic E-state index is -2.81. The number of nitrogens with zero attached hydrogens (tertiary/aromatic N) is 2. The van der Waals surface area contributed by atoms with Crippen LogP contribution in [0.15, 0.2) is 35.3 Å². The van der Waals surface area contributed by atoms with Crippen LogP contribution in [0.25, 0.3) is 0 Å². The molecule has 33 heavy (non-hydrogen) atoms. The third-order valence-corrected chi connectivity index (χ3v) is 7.43. The average Bonchev–Trinajstić information content (AvgIpc) is 3.41. The Morgan fingerprint density at radius 2 is 1.85 bits per heavy atom. The van der Waals surface area contributed by atoms with Crippen molar-refractivity contribution >= 4 is 23.0 Å². The number of anilines is 3. The van der Waals surface area contributed by atoms with Gasteiger partial charge in [0, 0.05) is 43.9 Å². The van der Waals surface area contributed by atoms with Crippen molar-refractivity contribution in [3.63, 3.8) is 0 Å². The molecule has 3 fully saturated rings. The van der Waals surface area contributed by atoms with Gasteiger partial charge in [-0.05, 0) is 61.8 Å². The number of benzene rings is 1. The molecule has 1 unspecified atom stereocenters. The molecule has 3 aliphatic rings. The van der Waals surface area contributed by atoms with Crippen molar-refractivity contribution in [1.82, 2.24) is 4.57 Å². The maximum absolute atomic E-state index is 15.0. The predicted octanol–water partition coefficient (Wildman–Crippen LogP) is 4.56. The zero-order valence-electron chi connectivity index (χ0n) is 18.3. The van der Waals surface area contributed by atoms with Gasteiger partial charge < -0.3 is 20.5 Å². The number of halogens is 3. The van der Waals surface area contributed by atoms with Crippen LogP contribution in [0, 0.1) is 11.2 Å². The fraction of sp³-hybridized carbons (Fsp3) is 0.500. The molecule has 1 saturated heterocycles. The highest BCUT2D eigenvalue weighted by atomic mass is 19.3. The van der Waals surface area contributed by atoms with Crippen LogP contribution in [-0.2, 0) is 0 Å². The van der Waals surface area contributed by atoms with E-state index in [1.165, 1.54) is 35.7 Å². The summed E-state index contributed by atoms with van der Waals surface area (Å²) in [6.07, 6.45) is 5.33. The smallest absolute Gasteiger partial charge is 0.274 e. The zero-order chi connectivity index (χ0) is 23.4. The molecule has 6 nitrogen and oxygen atoms in total. The third kappa shape index (κ3) is 4.20. The number of alkyl halides is 2. The number of hydrogen-bond acceptors (Lipinski definition) is 4. The maximum Gasteiger partial charge on any atom is 0.274 e. The van der Waals surface area contributed by atoms with Gasteiger partial charge in [-0.1, -0.05) is 0 Å². The van der Waals surface area contributed by atoms with E-state index in [0.29, 0.717) is 24.2 Å². The Balaban J connectivity index is 1.41. The number of carbonyl (C=O) groups excluding carboxylic acids is 1. The van der Waals surface area contributed by atoms with Crippen LogP contribution in [0.1, 0.15) is 61.3 Å². The molecule has 1 aromatic carbocycles. The zero-order valence-corrected chi connectivity index (χ0v) is 18.3. The molecule has 1 atom stereocenters. The molecule has 0 bridgehead atoms. The highest BCUT2D eigenvalue weighted by molar-refractivity contribution is 6.08. The Kier molecular flexibility index (Phi) is 5.17. The summed E-state index contributed by atoms with van der Waals surface area (Å²) >= 11 is 0. The van der Waals surface area contributed by atoms with Crippen LogP contribution >= 0.6 is 0 Å². The number of nitrogens with one attached hydrogen (secondary N) is 1. The number of aromatic nitrogens is 1. The first-order valence-corrected chi connectivity index (χ1v) is 11.4. The number of piperidine rings is 1. The highest BCUT2D eigenvalue weighted by Gasteiger charge is 2.45. The topological polar surface area (TPSA) is 80.4 Å². The van der Waals surface area contributed by atoms with Crippen molar-refractivity contribution in [2.75, 3.05) is 29.0 Å². The van der Waals surface area contributed by atoms with Crippen LogP contribution < -0.4 is 21.5 Å². The monoisotopic (exact) mass is 460 g/mol. The van der Waals surface area contributed by atoms with Crippen LogP contribution in [0.5, 0.6) is 0 Å². The van der Waals surface area contributed by atoms with Gasteiger partial charge in [0.1, 0.15) is 11.5 Å². The molecule has 3 N–H and O–H groups in total. The Bertz CT molecular complexity index is 1150. The van der Waals surface area contributed by atoms with E-state index in [1.807, 2.05) is 4.90 Å². The van der Waals surface area contributed by atoms with Crippen LogP contribution in [-0.4, -0.2) is 29.5 Å². The second-order valence-electron chi connectivity index (χ2n) is 9.72. The molecular formula is C24H27F3N4O2. The number of nitrogen functional groups attached to an aromatic ring is 1. The number of amides is 1. The lowest BCUT2D eigenvalue weighted by atomic mass is 9.93. The highest BCUT2D eigenvalue weighted by Crippen LogP contribution is 2.54. The van der Waals surface area contributed by atoms with Gasteiger partial charge in [-0.2, -0.15) is 0 Å². The number of nitrogens with two attached hydrogens (primary N) is 1. The summed E-state index contributed by atoms with van der Waals surface area (Å²) in [4.78, 5) is 28.0. The lowest BCUT2D eigenvalue weighted by Crippen LogP contribution is -2.36. The molecule has 1 amide bonds. The summed E-state index contributed by atoms with van der Waals surface area (Å²) in [6, 6.07) is 4.96. The Hall–Kier alpha value is -2.97. The molecule has 1 spiro atoms. The fourth-order valence-electron chi connectivity index (χ4n) is 5.23. The molecule has 5 rings (SSSR count). The standard InChI is InChI=1S/C24H27F3N4O2/c25-17-12-15(28)13-19(30-10-7-23(5-6-23)8-11-30)20(17)21(32)29-18-2-1-9-31(22(18)33)16-3-4-24(26,27)14-16/h1-2,9,12-13,16H,3-8,10-11,14,28H2,(H,29,32). The molecule has 176 valence electrons. The van der Waals surface area contributed by atoms with Gasteiger partial charge in [0.2, 0.25) is 5.92 Å². The quantitative estimate of drug-likeness (QED) is 0.656. The molecular weight excluding hydrogens is 433 g/mol. The second-order valence-corrected chi connectivity index (χ2v) is 9.72. The van der Waals surface area contributed by atoms with E-state index in [4.69, 9.17) is 5.73 Å². The molecule has 2 saturated carbocycles. The van der Waals surface area contributed by atoms with E-state index in [2.05, 4.69) is 5.32 Å². The average molecular weight is 461 g/mol. The first-order valence-electron chi connectivity index (χ1n) is 11.4. The van der Waals surface area contributed by atoms with Crippen molar-refractivity contribution in [1.29, 1.82) is 0 Å². The normalized spacial score (nSPS) is 23.0. The molecule has 1 aliphatic heterocycles. The van der Waals surface area contributed by atoms with E-state index in [0.717, 1.165) is 18.9 Å². The lowest BCUT2D eigenvalue weighted by molar-refractivity contribution is 0.00551. The second kappa shape index (κ2) is 7.81. The van der Waals surface area contributed by atoms with Gasteiger partial charge in [0.25, 0.3) is 11.5 Å². The minimum absolute atomic E-state index is 0.0736. The first kappa shape index (κ1) is 21.9. The largest absolute Gasteiger partial charge is 0.399 e. The minimum Gasteiger partial charge on any atom is -0.399 e. The SMILES string of the molecule is Nc1cc(F)c(C(=O)Nc2cccn(C3CCC(F)(F)C3)c2=O)c(N2CCC3(CC2)CC3)c1. The van der Waals surface area contributed by atoms with Crippen LogP contribution in [0.2, 0.25) is 0 Å². The Labute approximate surface area is 189 Å². The molecule has 2 heterocycles. The fourth-order valence-corrected chi connectivity index (χ4v) is 5.23. The third-order valence-electron chi connectivity index (χ3n) is 7.43. The lowest BCUT2D eigenvalue weighted by Gasteiger charge is -2.35. The van der Waals surface area contributed by atoms with Gasteiger partial charge in [0.05, 0.1) is 11.3 Å². The molecule has 2 aromatic rings. The van der Waals surface area contributed by atoms with Crippen molar-refractivity contribution in [3.05, 3.63) is 52.2 Å². The summed E-state index contributed by atoms with van der Waals surface area (Å²) in [5.74, 6) is -4.33. The van der Waals surface area contributed by atoms with Crippen LogP contribution in [0.3, 0.4) is 0 Å². The summed E-state index contributed by atoms with van der Waals surface area (Å²) in [5.41, 5.74) is 6.08. The van der Waals surface area contributed by atoms with Crippen molar-refractivity contribution < 1.29 is 18.0 Å². The van der Waals surface area contributed by atoms with E-state index in [1.54, 1.807) is 6.07 Å². The number of carbonyl (C=O) groups is 1. The summed E-state index contributed by atoms with van der Waals surface area (Å²) < 4.78 is 43.5. The van der Waals surface area contributed by atoms with Gasteiger partial charge in [-0.3, -0.25) is 9.59 Å². The van der Waals surface area contributed by atoms with E-state index in [9.17, 15) is 22.8 Å². The van der Waals surface area contributed by atoms with Crippen molar-refractivity contribution in [2.45, 2.75) is 56.9 Å². The van der Waals surface area contributed by atoms with Gasteiger partial charge in [-0.25, -0.2) is 13.2 Å². The van der Waals surface area contributed by atoms with Crippen molar-refractivity contribution in [2.24, 2.45) is 5.41 Å². The predicted molar refractivity (Wildman–Crippen MR) is 120 cm³/mol. The van der Waals surface area contributed by atoms with E-state index >= 15 is 0 Å². The Morgan fingerprint density at radius 1 is 1.12 bits per heavy atom. The molecule has 2 aliphatic carbocycles. The summed E-state index contributed by atoms with van der Waals surface area (Å²) in [7, 11) is 0. The molecule has 1 aromatic heterocycles. The van der Waals surface area contributed by atoms with Gasteiger partial charge >= 0.3 is 0 Å². The first-order chi connectivity index (χ1) is 15.7. The summed E-state index contributed by atoms with van der Waals surface area (Å²) in [5, 5.41) is 2.51. The van der Waals surface area contributed by atoms with E-state index < -0.39 is 35.7 Å².